The molecule has 1 aromatic carbocycles. The summed E-state index contributed by atoms with van der Waals surface area (Å²) in [5, 5.41) is 0. The third-order valence-electron chi connectivity index (χ3n) is 4.26. The second-order valence-corrected chi connectivity index (χ2v) is 5.82. The first kappa shape index (κ1) is 17.2. The summed E-state index contributed by atoms with van der Waals surface area (Å²) in [5.74, 6) is 0.816. The Balaban J connectivity index is 2.33. The molecule has 2 nitrogen and oxygen atoms in total. The minimum absolute atomic E-state index is 0.282. The Morgan fingerprint density at radius 2 is 1.65 bits per heavy atom. The van der Waals surface area contributed by atoms with E-state index in [1.54, 1.807) is 0 Å². The van der Waals surface area contributed by atoms with Crippen LogP contribution in [-0.2, 0) is 6.42 Å². The molecule has 0 bridgehead atoms. The normalized spacial score (nSPS) is 13.1. The first-order valence-electron chi connectivity index (χ1n) is 8.21. The van der Waals surface area contributed by atoms with E-state index in [0.29, 0.717) is 0 Å². The van der Waals surface area contributed by atoms with Gasteiger partial charge in [-0.1, -0.05) is 63.9 Å². The molecule has 1 aromatic rings. The lowest BCUT2D eigenvalue weighted by molar-refractivity contribution is 0.218. The van der Waals surface area contributed by atoms with E-state index in [9.17, 15) is 0 Å². The van der Waals surface area contributed by atoms with Crippen molar-refractivity contribution in [2.24, 2.45) is 11.7 Å². The van der Waals surface area contributed by atoms with Crippen LogP contribution in [0.15, 0.2) is 30.3 Å². The van der Waals surface area contributed by atoms with E-state index in [-0.39, 0.29) is 6.04 Å². The molecule has 1 unspecified atom stereocenters. The summed E-state index contributed by atoms with van der Waals surface area (Å²) < 4.78 is 0. The Labute approximate surface area is 125 Å². The fraction of sp³-hybridized carbons (Fsp3) is 0.667. The third kappa shape index (κ3) is 6.53. The Bertz CT molecular complexity index is 333. The van der Waals surface area contributed by atoms with Crippen molar-refractivity contribution < 1.29 is 0 Å². The van der Waals surface area contributed by atoms with Crippen molar-refractivity contribution in [1.82, 2.24) is 4.90 Å². The molecule has 0 fully saturated rings. The molecule has 0 aromatic heterocycles. The van der Waals surface area contributed by atoms with Crippen LogP contribution in [0.5, 0.6) is 0 Å². The van der Waals surface area contributed by atoms with E-state index in [1.165, 1.54) is 24.9 Å². The monoisotopic (exact) mass is 276 g/mol. The lowest BCUT2D eigenvalue weighted by Gasteiger charge is -2.27. The second-order valence-electron chi connectivity index (χ2n) is 5.82. The van der Waals surface area contributed by atoms with E-state index in [0.717, 1.165) is 31.8 Å². The van der Waals surface area contributed by atoms with Gasteiger partial charge in [0.05, 0.1) is 0 Å². The predicted octanol–water partition coefficient (Wildman–Crippen LogP) is 3.70. The Morgan fingerprint density at radius 3 is 2.20 bits per heavy atom. The van der Waals surface area contributed by atoms with Crippen LogP contribution in [0.4, 0.5) is 0 Å². The number of likely N-dealkylation sites (N-methyl/N-ethyl adjacent to an activating group) is 1. The number of nitrogens with zero attached hydrogens (tertiary/aromatic N) is 1. The highest BCUT2D eigenvalue weighted by molar-refractivity contribution is 5.14. The topological polar surface area (TPSA) is 29.3 Å². The van der Waals surface area contributed by atoms with Crippen LogP contribution < -0.4 is 5.73 Å². The van der Waals surface area contributed by atoms with Crippen molar-refractivity contribution >= 4 is 0 Å². The van der Waals surface area contributed by atoms with Gasteiger partial charge in [-0.3, -0.25) is 0 Å². The molecular formula is C18H32N2. The van der Waals surface area contributed by atoms with Crippen LogP contribution >= 0.6 is 0 Å². The molecule has 2 heteroatoms. The van der Waals surface area contributed by atoms with Crippen LogP contribution in [0.3, 0.4) is 0 Å². The predicted molar refractivity (Wildman–Crippen MR) is 88.9 cm³/mol. The average Bonchev–Trinajstić information content (AvgIpc) is 2.50. The molecule has 114 valence electrons. The number of nitrogens with two attached hydrogens (primary N) is 1. The van der Waals surface area contributed by atoms with Gasteiger partial charge in [0.15, 0.2) is 0 Å². The summed E-state index contributed by atoms with van der Waals surface area (Å²) >= 11 is 0. The van der Waals surface area contributed by atoms with Gasteiger partial charge in [0.1, 0.15) is 0 Å². The summed E-state index contributed by atoms with van der Waals surface area (Å²) in [6.45, 7) is 10.2. The minimum Gasteiger partial charge on any atom is -0.327 e. The van der Waals surface area contributed by atoms with E-state index in [2.05, 4.69) is 56.0 Å². The number of hydrogen-bond acceptors (Lipinski definition) is 2. The molecular weight excluding hydrogens is 244 g/mol. The van der Waals surface area contributed by atoms with E-state index in [1.807, 2.05) is 0 Å². The largest absolute Gasteiger partial charge is 0.327 e. The Kier molecular flexibility index (Phi) is 8.56. The number of aryl methyl sites for hydroxylation is 1. The molecule has 20 heavy (non-hydrogen) atoms. The standard InChI is InChI=1S/C18H32N2/c1-4-16(5-2)14-20(6-3)15-18(19)13-12-17-10-8-7-9-11-17/h7-11,16,18H,4-6,12-15,19H2,1-3H3. The fourth-order valence-corrected chi connectivity index (χ4v) is 2.66. The fourth-order valence-electron chi connectivity index (χ4n) is 2.66. The van der Waals surface area contributed by atoms with Crippen molar-refractivity contribution in [3.8, 4) is 0 Å². The van der Waals surface area contributed by atoms with E-state index >= 15 is 0 Å². The highest BCUT2D eigenvalue weighted by Crippen LogP contribution is 2.11. The molecule has 0 radical (unpaired) electrons. The smallest absolute Gasteiger partial charge is 0.0170 e. The second kappa shape index (κ2) is 9.95. The molecule has 0 aliphatic carbocycles. The van der Waals surface area contributed by atoms with Crippen LogP contribution in [0, 0.1) is 5.92 Å². The molecule has 0 saturated heterocycles. The SMILES string of the molecule is CCC(CC)CN(CC)CC(N)CCc1ccccc1. The number of rotatable bonds is 10. The summed E-state index contributed by atoms with van der Waals surface area (Å²) in [6.07, 6.45) is 4.70. The summed E-state index contributed by atoms with van der Waals surface area (Å²) in [7, 11) is 0. The molecule has 0 saturated carbocycles. The lowest BCUT2D eigenvalue weighted by Crippen LogP contribution is -2.40. The molecule has 2 N–H and O–H groups in total. The summed E-state index contributed by atoms with van der Waals surface area (Å²) in [5.41, 5.74) is 7.71. The van der Waals surface area contributed by atoms with Crippen LogP contribution in [-0.4, -0.2) is 30.6 Å². The van der Waals surface area contributed by atoms with Gasteiger partial charge in [0.25, 0.3) is 0 Å². The minimum atomic E-state index is 0.282. The molecule has 1 rings (SSSR count). The first-order chi connectivity index (χ1) is 9.69. The van der Waals surface area contributed by atoms with Gasteiger partial charge < -0.3 is 10.6 Å². The van der Waals surface area contributed by atoms with Crippen LogP contribution in [0.25, 0.3) is 0 Å². The van der Waals surface area contributed by atoms with Crippen LogP contribution in [0.2, 0.25) is 0 Å². The van der Waals surface area contributed by atoms with Crippen molar-refractivity contribution in [3.05, 3.63) is 35.9 Å². The lowest BCUT2D eigenvalue weighted by atomic mass is 10.0. The van der Waals surface area contributed by atoms with Gasteiger partial charge in [-0.25, -0.2) is 0 Å². The van der Waals surface area contributed by atoms with Gasteiger partial charge >= 0.3 is 0 Å². The Morgan fingerprint density at radius 1 is 1.00 bits per heavy atom. The highest BCUT2D eigenvalue weighted by Gasteiger charge is 2.13. The third-order valence-corrected chi connectivity index (χ3v) is 4.26. The highest BCUT2D eigenvalue weighted by atomic mass is 15.1. The zero-order chi connectivity index (χ0) is 14.8. The van der Waals surface area contributed by atoms with Gasteiger partial charge in [-0.05, 0) is 30.9 Å². The maximum atomic E-state index is 6.31. The molecule has 0 amide bonds. The molecule has 0 heterocycles. The quantitative estimate of drug-likeness (QED) is 0.706. The van der Waals surface area contributed by atoms with Gasteiger partial charge in [-0.15, -0.1) is 0 Å². The average molecular weight is 276 g/mol. The van der Waals surface area contributed by atoms with Gasteiger partial charge in [-0.2, -0.15) is 0 Å². The van der Waals surface area contributed by atoms with Crippen molar-refractivity contribution in [3.63, 3.8) is 0 Å². The summed E-state index contributed by atoms with van der Waals surface area (Å²) in [4.78, 5) is 2.52. The first-order valence-corrected chi connectivity index (χ1v) is 8.21. The van der Waals surface area contributed by atoms with Crippen molar-refractivity contribution in [2.75, 3.05) is 19.6 Å². The van der Waals surface area contributed by atoms with Gasteiger partial charge in [0.2, 0.25) is 0 Å². The van der Waals surface area contributed by atoms with Crippen molar-refractivity contribution in [2.45, 2.75) is 52.5 Å². The van der Waals surface area contributed by atoms with E-state index < -0.39 is 0 Å². The molecule has 0 aliphatic heterocycles. The number of hydrogen-bond donors (Lipinski definition) is 1. The summed E-state index contributed by atoms with van der Waals surface area (Å²) in [6, 6.07) is 10.9. The van der Waals surface area contributed by atoms with Crippen molar-refractivity contribution in [1.29, 1.82) is 0 Å². The van der Waals surface area contributed by atoms with Crippen LogP contribution in [0.1, 0.15) is 45.6 Å². The Hall–Kier alpha value is -0.860. The molecule has 0 spiro atoms. The maximum absolute atomic E-state index is 6.31. The molecule has 0 aliphatic rings. The van der Waals surface area contributed by atoms with E-state index in [4.69, 9.17) is 5.73 Å². The van der Waals surface area contributed by atoms with Gasteiger partial charge in [0, 0.05) is 19.1 Å². The number of benzene rings is 1. The zero-order valence-corrected chi connectivity index (χ0v) is 13.5. The zero-order valence-electron chi connectivity index (χ0n) is 13.5. The molecule has 1 atom stereocenters. The maximum Gasteiger partial charge on any atom is 0.0170 e.